The molecule has 0 heterocycles. The summed E-state index contributed by atoms with van der Waals surface area (Å²) < 4.78 is 12.8. The summed E-state index contributed by atoms with van der Waals surface area (Å²) in [5, 5.41) is 8.48. The summed E-state index contributed by atoms with van der Waals surface area (Å²) in [4.78, 5) is 23.7. The minimum atomic E-state index is -0.947. The lowest BCUT2D eigenvalue weighted by molar-refractivity contribution is -0.133. The molecule has 0 radical (unpaired) electrons. The SMILES string of the molecule is CCN(C(=O)CSCC(=O)O)c1ccc(F)cc1. The highest BCUT2D eigenvalue weighted by atomic mass is 32.2. The van der Waals surface area contributed by atoms with Gasteiger partial charge in [0.05, 0.1) is 11.5 Å². The lowest BCUT2D eigenvalue weighted by Crippen LogP contribution is -2.32. The van der Waals surface area contributed by atoms with Crippen molar-refractivity contribution < 1.29 is 19.1 Å². The predicted octanol–water partition coefficient (Wildman–Crippen LogP) is 2.00. The third-order valence-electron chi connectivity index (χ3n) is 2.21. The Kier molecular flexibility index (Phi) is 5.64. The van der Waals surface area contributed by atoms with E-state index in [-0.39, 0.29) is 23.2 Å². The molecule has 0 saturated carbocycles. The lowest BCUT2D eigenvalue weighted by Gasteiger charge is -2.20. The molecule has 0 bridgehead atoms. The number of benzene rings is 1. The third-order valence-corrected chi connectivity index (χ3v) is 3.11. The number of thioether (sulfide) groups is 1. The third kappa shape index (κ3) is 4.37. The predicted molar refractivity (Wildman–Crippen MR) is 69.4 cm³/mol. The summed E-state index contributed by atoms with van der Waals surface area (Å²) >= 11 is 1.05. The zero-order valence-corrected chi connectivity index (χ0v) is 10.7. The number of hydrogen-bond acceptors (Lipinski definition) is 3. The highest BCUT2D eigenvalue weighted by Crippen LogP contribution is 2.16. The molecule has 1 amide bonds. The van der Waals surface area contributed by atoms with Crippen LogP contribution in [0.15, 0.2) is 24.3 Å². The summed E-state index contributed by atoms with van der Waals surface area (Å²) in [6, 6.07) is 5.63. The van der Waals surface area contributed by atoms with Crippen LogP contribution in [0.2, 0.25) is 0 Å². The van der Waals surface area contributed by atoms with E-state index in [4.69, 9.17) is 5.11 Å². The molecule has 0 aliphatic rings. The fourth-order valence-electron chi connectivity index (χ4n) is 1.43. The molecule has 1 aromatic rings. The van der Waals surface area contributed by atoms with Crippen molar-refractivity contribution >= 4 is 29.3 Å². The van der Waals surface area contributed by atoms with E-state index in [0.29, 0.717) is 12.2 Å². The van der Waals surface area contributed by atoms with E-state index in [9.17, 15) is 14.0 Å². The Balaban J connectivity index is 2.62. The van der Waals surface area contributed by atoms with Gasteiger partial charge in [-0.05, 0) is 31.2 Å². The maximum atomic E-state index is 12.8. The van der Waals surface area contributed by atoms with Crippen LogP contribution in [0.4, 0.5) is 10.1 Å². The number of carbonyl (C=O) groups is 2. The maximum Gasteiger partial charge on any atom is 0.313 e. The minimum absolute atomic E-state index is 0.0948. The zero-order valence-electron chi connectivity index (χ0n) is 9.93. The lowest BCUT2D eigenvalue weighted by atomic mass is 10.3. The van der Waals surface area contributed by atoms with Crippen molar-refractivity contribution in [3.05, 3.63) is 30.1 Å². The van der Waals surface area contributed by atoms with E-state index in [1.54, 1.807) is 0 Å². The first-order chi connectivity index (χ1) is 8.54. The van der Waals surface area contributed by atoms with E-state index >= 15 is 0 Å². The van der Waals surface area contributed by atoms with Crippen LogP contribution < -0.4 is 4.90 Å². The quantitative estimate of drug-likeness (QED) is 0.859. The average molecular weight is 271 g/mol. The molecule has 18 heavy (non-hydrogen) atoms. The van der Waals surface area contributed by atoms with E-state index in [1.807, 2.05) is 6.92 Å². The molecule has 4 nitrogen and oxygen atoms in total. The van der Waals surface area contributed by atoms with Crippen LogP contribution in [0.5, 0.6) is 0 Å². The van der Waals surface area contributed by atoms with Crippen molar-refractivity contribution in [2.75, 3.05) is 23.0 Å². The van der Waals surface area contributed by atoms with Gasteiger partial charge in [-0.3, -0.25) is 9.59 Å². The Hall–Kier alpha value is -1.56. The van der Waals surface area contributed by atoms with Crippen molar-refractivity contribution in [2.24, 2.45) is 0 Å². The summed E-state index contributed by atoms with van der Waals surface area (Å²) in [7, 11) is 0. The number of carboxylic acid groups (broad SMARTS) is 1. The van der Waals surface area contributed by atoms with Gasteiger partial charge in [0.15, 0.2) is 0 Å². The van der Waals surface area contributed by atoms with Gasteiger partial charge in [-0.15, -0.1) is 11.8 Å². The highest BCUT2D eigenvalue weighted by Gasteiger charge is 2.14. The summed E-state index contributed by atoms with van der Waals surface area (Å²) in [6.07, 6.45) is 0. The number of carbonyl (C=O) groups excluding carboxylic acids is 1. The maximum absolute atomic E-state index is 12.8. The van der Waals surface area contributed by atoms with Gasteiger partial charge >= 0.3 is 5.97 Å². The van der Waals surface area contributed by atoms with E-state index < -0.39 is 5.97 Å². The number of rotatable bonds is 6. The number of hydrogen-bond donors (Lipinski definition) is 1. The normalized spacial score (nSPS) is 10.1. The smallest absolute Gasteiger partial charge is 0.313 e. The Morgan fingerprint density at radius 2 is 1.89 bits per heavy atom. The zero-order chi connectivity index (χ0) is 13.5. The molecule has 1 N–H and O–H groups in total. The molecule has 0 saturated heterocycles. The number of halogens is 1. The van der Waals surface area contributed by atoms with E-state index in [0.717, 1.165) is 11.8 Å². The molecule has 1 aromatic carbocycles. The minimum Gasteiger partial charge on any atom is -0.481 e. The highest BCUT2D eigenvalue weighted by molar-refractivity contribution is 8.00. The molecule has 0 fully saturated rings. The second-order valence-corrected chi connectivity index (χ2v) is 4.49. The van der Waals surface area contributed by atoms with Crippen LogP contribution >= 0.6 is 11.8 Å². The van der Waals surface area contributed by atoms with E-state index in [2.05, 4.69) is 0 Å². The molecule has 0 aliphatic heterocycles. The van der Waals surface area contributed by atoms with Crippen LogP contribution in [0, 0.1) is 5.82 Å². The second kappa shape index (κ2) is 7.00. The summed E-state index contributed by atoms with van der Waals surface area (Å²) in [5.41, 5.74) is 0.611. The first-order valence-corrected chi connectivity index (χ1v) is 6.55. The van der Waals surface area contributed by atoms with Gasteiger partial charge in [-0.2, -0.15) is 0 Å². The average Bonchev–Trinajstić information content (AvgIpc) is 2.32. The summed E-state index contributed by atoms with van der Waals surface area (Å²) in [6.45, 7) is 2.27. The summed E-state index contributed by atoms with van der Waals surface area (Å²) in [5.74, 6) is -1.50. The van der Waals surface area contributed by atoms with Gasteiger partial charge in [-0.1, -0.05) is 0 Å². The van der Waals surface area contributed by atoms with Crippen LogP contribution in [0.1, 0.15) is 6.92 Å². The molecule has 1 rings (SSSR count). The fourth-order valence-corrected chi connectivity index (χ4v) is 2.03. The molecule has 0 atom stereocenters. The van der Waals surface area contributed by atoms with Crippen molar-refractivity contribution in [2.45, 2.75) is 6.92 Å². The first kappa shape index (κ1) is 14.5. The number of carboxylic acids is 1. The van der Waals surface area contributed by atoms with Crippen molar-refractivity contribution in [3.63, 3.8) is 0 Å². The number of aliphatic carboxylic acids is 1. The van der Waals surface area contributed by atoms with Gasteiger partial charge in [0.25, 0.3) is 0 Å². The molecular weight excluding hydrogens is 257 g/mol. The van der Waals surface area contributed by atoms with E-state index in [1.165, 1.54) is 29.2 Å². The topological polar surface area (TPSA) is 57.6 Å². The van der Waals surface area contributed by atoms with Gasteiger partial charge in [0.1, 0.15) is 5.82 Å². The molecule has 0 spiro atoms. The molecule has 0 aliphatic carbocycles. The number of anilines is 1. The van der Waals surface area contributed by atoms with Gasteiger partial charge in [0, 0.05) is 12.2 Å². The second-order valence-electron chi connectivity index (χ2n) is 3.50. The van der Waals surface area contributed by atoms with Crippen LogP contribution in [-0.4, -0.2) is 35.0 Å². The number of nitrogens with zero attached hydrogens (tertiary/aromatic N) is 1. The van der Waals surface area contributed by atoms with Crippen LogP contribution in [-0.2, 0) is 9.59 Å². The standard InChI is InChI=1S/C12H14FNO3S/c1-2-14(10-5-3-9(13)4-6-10)11(15)7-18-8-12(16)17/h3-6H,2,7-8H2,1H3,(H,16,17). The Morgan fingerprint density at radius 3 is 2.39 bits per heavy atom. The van der Waals surface area contributed by atoms with Crippen LogP contribution in [0.3, 0.4) is 0 Å². The van der Waals surface area contributed by atoms with Crippen molar-refractivity contribution in [1.82, 2.24) is 0 Å². The molecule has 6 heteroatoms. The van der Waals surface area contributed by atoms with Gasteiger partial charge in [-0.25, -0.2) is 4.39 Å². The van der Waals surface area contributed by atoms with Gasteiger partial charge in [0.2, 0.25) is 5.91 Å². The Bertz CT molecular complexity index is 422. The van der Waals surface area contributed by atoms with Crippen LogP contribution in [0.25, 0.3) is 0 Å². The first-order valence-electron chi connectivity index (χ1n) is 5.40. The van der Waals surface area contributed by atoms with Gasteiger partial charge < -0.3 is 10.0 Å². The molecular formula is C12H14FNO3S. The Labute approximate surface area is 109 Å². The number of amides is 1. The molecule has 0 aromatic heterocycles. The largest absolute Gasteiger partial charge is 0.481 e. The monoisotopic (exact) mass is 271 g/mol. The molecule has 98 valence electrons. The Morgan fingerprint density at radius 1 is 1.28 bits per heavy atom. The molecule has 0 unspecified atom stereocenters. The van der Waals surface area contributed by atoms with Crippen molar-refractivity contribution in [1.29, 1.82) is 0 Å². The fraction of sp³-hybridized carbons (Fsp3) is 0.333. The van der Waals surface area contributed by atoms with Crippen molar-refractivity contribution in [3.8, 4) is 0 Å².